The van der Waals surface area contributed by atoms with E-state index in [2.05, 4.69) is 48.5 Å². The van der Waals surface area contributed by atoms with Crippen LogP contribution in [0.4, 0.5) is 0 Å². The Bertz CT molecular complexity index is 458. The first-order chi connectivity index (χ1) is 10.1. The Hall–Kier alpha value is -0.910. The van der Waals surface area contributed by atoms with Crippen LogP contribution in [0.15, 0.2) is 17.5 Å². The lowest BCUT2D eigenvalue weighted by Gasteiger charge is -2.27. The third-order valence-electron chi connectivity index (χ3n) is 4.57. The van der Waals surface area contributed by atoms with E-state index in [0.29, 0.717) is 0 Å². The number of amides is 1. The van der Waals surface area contributed by atoms with Crippen molar-refractivity contribution in [2.75, 3.05) is 26.2 Å². The largest absolute Gasteiger partial charge is 0.319 e. The van der Waals surface area contributed by atoms with E-state index in [1.165, 1.54) is 4.88 Å². The van der Waals surface area contributed by atoms with Crippen LogP contribution in [0.2, 0.25) is 0 Å². The molecule has 1 aromatic heterocycles. The highest BCUT2D eigenvalue weighted by molar-refractivity contribution is 7.10. The monoisotopic (exact) mass is 309 g/mol. The van der Waals surface area contributed by atoms with Crippen LogP contribution >= 0.6 is 11.3 Å². The van der Waals surface area contributed by atoms with Crippen LogP contribution in [0.5, 0.6) is 0 Å². The number of hydrogen-bond donors (Lipinski definition) is 1. The Morgan fingerprint density at radius 2 is 2.10 bits per heavy atom. The molecular formula is C16H27N3OS. The Morgan fingerprint density at radius 1 is 1.38 bits per heavy atom. The molecule has 5 heteroatoms. The number of nitrogens with one attached hydrogen (secondary N) is 1. The van der Waals surface area contributed by atoms with E-state index in [9.17, 15) is 4.79 Å². The standard InChI is InChI=1S/C16H27N3OS/c1-5-16(4)15(20)19(11-10-18(6-2)7-3)14(17-16)13-9-8-12-21-13/h8-9,12,14,17H,5-7,10-11H2,1-4H3. The number of hydrogen-bond acceptors (Lipinski definition) is 4. The van der Waals surface area contributed by atoms with Gasteiger partial charge in [-0.05, 0) is 37.9 Å². The third kappa shape index (κ3) is 3.30. The van der Waals surface area contributed by atoms with Crippen LogP contribution in [0.25, 0.3) is 0 Å². The van der Waals surface area contributed by atoms with Gasteiger partial charge in [0.25, 0.3) is 0 Å². The summed E-state index contributed by atoms with van der Waals surface area (Å²) in [5, 5.41) is 5.62. The topological polar surface area (TPSA) is 35.6 Å². The fourth-order valence-corrected chi connectivity index (χ4v) is 3.61. The lowest BCUT2D eigenvalue weighted by molar-refractivity contribution is -0.133. The Morgan fingerprint density at radius 3 is 2.62 bits per heavy atom. The smallest absolute Gasteiger partial charge is 0.244 e. The van der Waals surface area contributed by atoms with Crippen molar-refractivity contribution in [3.8, 4) is 0 Å². The van der Waals surface area contributed by atoms with Gasteiger partial charge in [-0.2, -0.15) is 0 Å². The Labute approximate surface area is 132 Å². The van der Waals surface area contributed by atoms with Crippen molar-refractivity contribution in [2.24, 2.45) is 0 Å². The van der Waals surface area contributed by atoms with Crippen LogP contribution in [-0.2, 0) is 4.79 Å². The zero-order valence-corrected chi connectivity index (χ0v) is 14.4. The Balaban J connectivity index is 2.15. The average Bonchev–Trinajstić information content (AvgIpc) is 3.10. The SMILES string of the molecule is CCN(CC)CCN1C(=O)C(C)(CC)NC1c1cccs1. The highest BCUT2D eigenvalue weighted by Crippen LogP contribution is 2.34. The maximum atomic E-state index is 12.8. The number of carbonyl (C=O) groups is 1. The van der Waals surface area contributed by atoms with Crippen LogP contribution in [0, 0.1) is 0 Å². The molecule has 118 valence electrons. The summed E-state index contributed by atoms with van der Waals surface area (Å²) in [6, 6.07) is 4.16. The minimum absolute atomic E-state index is 0.0259. The molecule has 0 spiro atoms. The quantitative estimate of drug-likeness (QED) is 0.841. The van der Waals surface area contributed by atoms with Gasteiger partial charge in [-0.1, -0.05) is 26.8 Å². The van der Waals surface area contributed by atoms with Gasteiger partial charge in [0.2, 0.25) is 5.91 Å². The van der Waals surface area contributed by atoms with Gasteiger partial charge >= 0.3 is 0 Å². The van der Waals surface area contributed by atoms with Crippen LogP contribution in [-0.4, -0.2) is 47.4 Å². The third-order valence-corrected chi connectivity index (χ3v) is 5.50. The summed E-state index contributed by atoms with van der Waals surface area (Å²) in [4.78, 5) is 18.4. The van der Waals surface area contributed by atoms with Crippen molar-refractivity contribution in [1.82, 2.24) is 15.1 Å². The molecule has 1 N–H and O–H groups in total. The van der Waals surface area contributed by atoms with Crippen LogP contribution < -0.4 is 5.32 Å². The molecule has 4 nitrogen and oxygen atoms in total. The summed E-state index contributed by atoms with van der Waals surface area (Å²) in [5.74, 6) is 0.232. The molecular weight excluding hydrogens is 282 g/mol. The molecule has 1 aromatic rings. The second-order valence-corrected chi connectivity index (χ2v) is 6.75. The molecule has 1 aliphatic rings. The van der Waals surface area contributed by atoms with Gasteiger partial charge in [0.15, 0.2) is 0 Å². The van der Waals surface area contributed by atoms with Crippen LogP contribution in [0.1, 0.15) is 45.2 Å². The molecule has 1 saturated heterocycles. The number of carbonyl (C=O) groups excluding carboxylic acids is 1. The molecule has 0 bridgehead atoms. The summed E-state index contributed by atoms with van der Waals surface area (Å²) >= 11 is 1.71. The maximum Gasteiger partial charge on any atom is 0.244 e. The molecule has 1 aliphatic heterocycles. The van der Waals surface area contributed by atoms with Gasteiger partial charge in [0.05, 0.1) is 5.54 Å². The number of thiophene rings is 1. The first-order valence-corrected chi connectivity index (χ1v) is 8.78. The second-order valence-electron chi connectivity index (χ2n) is 5.77. The van der Waals surface area contributed by atoms with Gasteiger partial charge in [-0.3, -0.25) is 10.1 Å². The predicted octanol–water partition coefficient (Wildman–Crippen LogP) is 2.69. The fraction of sp³-hybridized carbons (Fsp3) is 0.688. The summed E-state index contributed by atoms with van der Waals surface area (Å²) in [7, 11) is 0. The summed E-state index contributed by atoms with van der Waals surface area (Å²) in [6.45, 7) is 12.2. The van der Waals surface area contributed by atoms with Crippen molar-refractivity contribution in [3.05, 3.63) is 22.4 Å². The summed E-state index contributed by atoms with van der Waals surface area (Å²) in [6.07, 6.45) is 0.841. The molecule has 2 rings (SSSR count). The fourth-order valence-electron chi connectivity index (χ4n) is 2.82. The molecule has 2 unspecified atom stereocenters. The molecule has 0 aliphatic carbocycles. The van der Waals surface area contributed by atoms with Crippen molar-refractivity contribution in [2.45, 2.75) is 45.8 Å². The van der Waals surface area contributed by atoms with E-state index in [1.54, 1.807) is 11.3 Å². The molecule has 2 atom stereocenters. The van der Waals surface area contributed by atoms with Crippen molar-refractivity contribution >= 4 is 17.2 Å². The molecule has 2 heterocycles. The molecule has 0 radical (unpaired) electrons. The normalized spacial score (nSPS) is 26.0. The van der Waals surface area contributed by atoms with Gasteiger partial charge in [-0.15, -0.1) is 11.3 Å². The van der Waals surface area contributed by atoms with Gasteiger partial charge in [-0.25, -0.2) is 0 Å². The minimum atomic E-state index is -0.433. The first-order valence-electron chi connectivity index (χ1n) is 7.90. The van der Waals surface area contributed by atoms with E-state index in [-0.39, 0.29) is 12.1 Å². The number of likely N-dealkylation sites (N-methyl/N-ethyl adjacent to an activating group) is 1. The number of rotatable bonds is 7. The van der Waals surface area contributed by atoms with E-state index in [1.807, 2.05) is 11.8 Å². The Kier molecular flexibility index (Phi) is 5.41. The maximum absolute atomic E-state index is 12.8. The predicted molar refractivity (Wildman–Crippen MR) is 88.4 cm³/mol. The van der Waals surface area contributed by atoms with Crippen molar-refractivity contribution in [1.29, 1.82) is 0 Å². The molecule has 21 heavy (non-hydrogen) atoms. The molecule has 0 aromatic carbocycles. The molecule has 0 saturated carbocycles. The van der Waals surface area contributed by atoms with Crippen molar-refractivity contribution in [3.63, 3.8) is 0 Å². The summed E-state index contributed by atoms with van der Waals surface area (Å²) in [5.41, 5.74) is -0.433. The van der Waals surface area contributed by atoms with Crippen LogP contribution in [0.3, 0.4) is 0 Å². The van der Waals surface area contributed by atoms with Crippen molar-refractivity contribution < 1.29 is 4.79 Å². The van der Waals surface area contributed by atoms with Gasteiger partial charge in [0.1, 0.15) is 6.17 Å². The van der Waals surface area contributed by atoms with E-state index in [4.69, 9.17) is 0 Å². The minimum Gasteiger partial charge on any atom is -0.319 e. The lowest BCUT2D eigenvalue weighted by Crippen LogP contribution is -2.44. The molecule has 1 fully saturated rings. The highest BCUT2D eigenvalue weighted by Gasteiger charge is 2.47. The van der Waals surface area contributed by atoms with E-state index < -0.39 is 5.54 Å². The highest BCUT2D eigenvalue weighted by atomic mass is 32.1. The van der Waals surface area contributed by atoms with Gasteiger partial charge in [0, 0.05) is 18.0 Å². The van der Waals surface area contributed by atoms with E-state index in [0.717, 1.165) is 32.6 Å². The first kappa shape index (κ1) is 16.5. The second kappa shape index (κ2) is 6.90. The lowest BCUT2D eigenvalue weighted by atomic mass is 9.99. The average molecular weight is 309 g/mol. The zero-order chi connectivity index (χ0) is 15.5. The number of nitrogens with zero attached hydrogens (tertiary/aromatic N) is 2. The molecule has 1 amide bonds. The summed E-state index contributed by atoms with van der Waals surface area (Å²) < 4.78 is 0. The van der Waals surface area contributed by atoms with Gasteiger partial charge < -0.3 is 9.80 Å². The zero-order valence-electron chi connectivity index (χ0n) is 13.6. The van der Waals surface area contributed by atoms with E-state index >= 15 is 0 Å².